The maximum Gasteiger partial charge on any atom is 0.314 e. The van der Waals surface area contributed by atoms with Crippen LogP contribution in [-0.2, 0) is 0 Å². The van der Waals surface area contributed by atoms with Crippen LogP contribution in [0, 0.1) is 0 Å². The van der Waals surface area contributed by atoms with Gasteiger partial charge in [-0.3, -0.25) is 0 Å². The average Bonchev–Trinajstić information content (AvgIpc) is 2.21. The van der Waals surface area contributed by atoms with Gasteiger partial charge in [0.1, 0.15) is 0 Å². The molecule has 0 spiro atoms. The van der Waals surface area contributed by atoms with E-state index in [0.29, 0.717) is 6.04 Å². The highest BCUT2D eigenvalue weighted by molar-refractivity contribution is 5.74. The zero-order valence-electron chi connectivity index (χ0n) is 10.4. The number of carbonyl (C=O) groups is 1. The lowest BCUT2D eigenvalue weighted by Gasteiger charge is -2.14. The summed E-state index contributed by atoms with van der Waals surface area (Å²) in [6.45, 7) is 7.08. The summed E-state index contributed by atoms with van der Waals surface area (Å²) in [6, 6.07) is 0.263. The van der Waals surface area contributed by atoms with Gasteiger partial charge < -0.3 is 10.6 Å². The van der Waals surface area contributed by atoms with E-state index in [2.05, 4.69) is 31.4 Å². The zero-order valence-corrected chi connectivity index (χ0v) is 10.4. The van der Waals surface area contributed by atoms with Gasteiger partial charge in [0.25, 0.3) is 0 Å². The third-order valence-corrected chi connectivity index (χ3v) is 2.40. The monoisotopic (exact) mass is 214 g/mol. The van der Waals surface area contributed by atoms with Gasteiger partial charge in [0.05, 0.1) is 0 Å². The molecule has 0 aliphatic heterocycles. The summed E-state index contributed by atoms with van der Waals surface area (Å²) in [5.74, 6) is 0. The molecule has 0 aliphatic rings. The van der Waals surface area contributed by atoms with Gasteiger partial charge in [-0.1, -0.05) is 39.5 Å². The number of carbonyl (C=O) groups excluding carboxylic acids is 1. The van der Waals surface area contributed by atoms with Crippen LogP contribution in [0.25, 0.3) is 0 Å². The third kappa shape index (κ3) is 9.57. The lowest BCUT2D eigenvalue weighted by atomic mass is 10.1. The van der Waals surface area contributed by atoms with Crippen molar-refractivity contribution < 1.29 is 4.79 Å². The first-order valence-corrected chi connectivity index (χ1v) is 6.25. The van der Waals surface area contributed by atoms with Crippen molar-refractivity contribution in [1.29, 1.82) is 0 Å². The van der Waals surface area contributed by atoms with E-state index in [0.717, 1.165) is 19.4 Å². The molecule has 0 unspecified atom stereocenters. The fraction of sp³-hybridized carbons (Fsp3) is 0.917. The van der Waals surface area contributed by atoms with Crippen LogP contribution < -0.4 is 10.6 Å². The molecule has 0 fully saturated rings. The van der Waals surface area contributed by atoms with Crippen LogP contribution >= 0.6 is 0 Å². The summed E-state index contributed by atoms with van der Waals surface area (Å²) in [6.07, 6.45) is 7.12. The van der Waals surface area contributed by atoms with E-state index in [4.69, 9.17) is 0 Å². The fourth-order valence-corrected chi connectivity index (χ4v) is 1.46. The van der Waals surface area contributed by atoms with E-state index in [1.54, 1.807) is 0 Å². The largest absolute Gasteiger partial charge is 0.338 e. The highest BCUT2D eigenvalue weighted by Crippen LogP contribution is 2.04. The minimum Gasteiger partial charge on any atom is -0.338 e. The summed E-state index contributed by atoms with van der Waals surface area (Å²) in [7, 11) is 0. The third-order valence-electron chi connectivity index (χ3n) is 2.40. The number of nitrogens with one attached hydrogen (secondary N) is 2. The van der Waals surface area contributed by atoms with Crippen molar-refractivity contribution >= 4 is 6.03 Å². The SMILES string of the molecule is CCCCCC[C@H](C)NC(=O)NCCC. The molecule has 15 heavy (non-hydrogen) atoms. The van der Waals surface area contributed by atoms with Crippen molar-refractivity contribution in [2.24, 2.45) is 0 Å². The molecule has 2 amide bonds. The second kappa shape index (κ2) is 9.81. The molecule has 0 bridgehead atoms. The number of amides is 2. The first-order valence-electron chi connectivity index (χ1n) is 6.25. The van der Waals surface area contributed by atoms with Gasteiger partial charge in [-0.25, -0.2) is 4.79 Å². The van der Waals surface area contributed by atoms with E-state index >= 15 is 0 Å². The van der Waals surface area contributed by atoms with Crippen LogP contribution in [0.1, 0.15) is 59.3 Å². The molecule has 0 aromatic carbocycles. The molecule has 3 heteroatoms. The summed E-state index contributed by atoms with van der Waals surface area (Å²) >= 11 is 0. The Morgan fingerprint density at radius 2 is 1.87 bits per heavy atom. The number of hydrogen-bond acceptors (Lipinski definition) is 1. The molecular weight excluding hydrogens is 188 g/mol. The minimum atomic E-state index is -0.0279. The Kier molecular flexibility index (Phi) is 9.33. The second-order valence-corrected chi connectivity index (χ2v) is 4.15. The first kappa shape index (κ1) is 14.3. The zero-order chi connectivity index (χ0) is 11.5. The molecular formula is C12H26N2O. The fourth-order valence-electron chi connectivity index (χ4n) is 1.46. The van der Waals surface area contributed by atoms with Gasteiger partial charge >= 0.3 is 6.03 Å². The quantitative estimate of drug-likeness (QED) is 0.599. The highest BCUT2D eigenvalue weighted by atomic mass is 16.2. The smallest absolute Gasteiger partial charge is 0.314 e. The first-order chi connectivity index (χ1) is 7.20. The molecule has 3 nitrogen and oxygen atoms in total. The maximum atomic E-state index is 11.3. The van der Waals surface area contributed by atoms with E-state index < -0.39 is 0 Å². The van der Waals surface area contributed by atoms with Gasteiger partial charge in [0, 0.05) is 12.6 Å². The van der Waals surface area contributed by atoms with E-state index in [1.807, 2.05) is 0 Å². The van der Waals surface area contributed by atoms with Gasteiger partial charge in [-0.2, -0.15) is 0 Å². The van der Waals surface area contributed by atoms with Gasteiger partial charge in [0.2, 0.25) is 0 Å². The van der Waals surface area contributed by atoms with Crippen LogP contribution in [0.5, 0.6) is 0 Å². The number of urea groups is 1. The van der Waals surface area contributed by atoms with E-state index in [9.17, 15) is 4.79 Å². The molecule has 0 aliphatic carbocycles. The van der Waals surface area contributed by atoms with Crippen LogP contribution in [0.4, 0.5) is 4.79 Å². The Morgan fingerprint density at radius 3 is 2.47 bits per heavy atom. The van der Waals surface area contributed by atoms with Crippen molar-refractivity contribution in [1.82, 2.24) is 10.6 Å². The molecule has 90 valence electrons. The Bertz CT molecular complexity index is 160. The predicted molar refractivity (Wildman–Crippen MR) is 65.0 cm³/mol. The lowest BCUT2D eigenvalue weighted by Crippen LogP contribution is -2.40. The number of rotatable bonds is 8. The lowest BCUT2D eigenvalue weighted by molar-refractivity contribution is 0.237. The van der Waals surface area contributed by atoms with Crippen LogP contribution in [0.2, 0.25) is 0 Å². The normalized spacial score (nSPS) is 12.2. The topological polar surface area (TPSA) is 41.1 Å². The second-order valence-electron chi connectivity index (χ2n) is 4.15. The number of hydrogen-bond donors (Lipinski definition) is 2. The molecule has 1 atom stereocenters. The summed E-state index contributed by atoms with van der Waals surface area (Å²) < 4.78 is 0. The molecule has 0 saturated heterocycles. The maximum absolute atomic E-state index is 11.3. The standard InChI is InChI=1S/C12H26N2O/c1-4-6-7-8-9-11(3)14-12(15)13-10-5-2/h11H,4-10H2,1-3H3,(H2,13,14,15)/t11-/m0/s1. The van der Waals surface area contributed by atoms with E-state index in [1.165, 1.54) is 25.7 Å². The van der Waals surface area contributed by atoms with Crippen molar-refractivity contribution in [3.8, 4) is 0 Å². The minimum absolute atomic E-state index is 0.0279. The van der Waals surface area contributed by atoms with E-state index in [-0.39, 0.29) is 6.03 Å². The molecule has 0 saturated carbocycles. The Hall–Kier alpha value is -0.730. The van der Waals surface area contributed by atoms with Crippen LogP contribution in [0.15, 0.2) is 0 Å². The molecule has 2 N–H and O–H groups in total. The van der Waals surface area contributed by atoms with Gasteiger partial charge in [-0.15, -0.1) is 0 Å². The van der Waals surface area contributed by atoms with Gasteiger partial charge in [0.15, 0.2) is 0 Å². The summed E-state index contributed by atoms with van der Waals surface area (Å²) in [5.41, 5.74) is 0. The van der Waals surface area contributed by atoms with Crippen LogP contribution in [0.3, 0.4) is 0 Å². The van der Waals surface area contributed by atoms with Crippen molar-refractivity contribution in [3.05, 3.63) is 0 Å². The molecule has 0 rings (SSSR count). The Balaban J connectivity index is 3.38. The Labute approximate surface area is 94.0 Å². The molecule has 0 aromatic heterocycles. The Morgan fingerprint density at radius 1 is 1.13 bits per heavy atom. The van der Waals surface area contributed by atoms with Gasteiger partial charge in [-0.05, 0) is 19.8 Å². The molecule has 0 heterocycles. The van der Waals surface area contributed by atoms with Crippen molar-refractivity contribution in [2.75, 3.05) is 6.54 Å². The van der Waals surface area contributed by atoms with Crippen molar-refractivity contribution in [2.45, 2.75) is 65.3 Å². The summed E-state index contributed by atoms with van der Waals surface area (Å²) in [4.78, 5) is 11.3. The molecule has 0 aromatic rings. The highest BCUT2D eigenvalue weighted by Gasteiger charge is 2.05. The van der Waals surface area contributed by atoms with Crippen LogP contribution in [-0.4, -0.2) is 18.6 Å². The molecule has 0 radical (unpaired) electrons. The average molecular weight is 214 g/mol. The van der Waals surface area contributed by atoms with Crippen molar-refractivity contribution in [3.63, 3.8) is 0 Å². The predicted octanol–water partition coefficient (Wildman–Crippen LogP) is 3.05. The summed E-state index contributed by atoms with van der Waals surface area (Å²) in [5, 5.41) is 5.76. The number of unbranched alkanes of at least 4 members (excludes halogenated alkanes) is 3.